The highest BCUT2D eigenvalue weighted by atomic mass is 35.5. The Hall–Kier alpha value is -3.02. The molecule has 0 spiro atoms. The number of hydrogen-bond acceptors (Lipinski definition) is 3. The first-order valence-electron chi connectivity index (χ1n) is 9.31. The molecular formula is C23H20Cl2N2O3. The third-order valence-electron chi connectivity index (χ3n) is 4.23. The third-order valence-corrected chi connectivity index (χ3v) is 4.97. The Morgan fingerprint density at radius 3 is 2.30 bits per heavy atom. The molecule has 3 aromatic carbocycles. The first kappa shape index (κ1) is 21.7. The fourth-order valence-corrected chi connectivity index (χ4v) is 2.99. The van der Waals surface area contributed by atoms with Crippen molar-refractivity contribution >= 4 is 40.7 Å². The molecule has 5 nitrogen and oxygen atoms in total. The van der Waals surface area contributed by atoms with Gasteiger partial charge in [0.2, 0.25) is 0 Å². The summed E-state index contributed by atoms with van der Waals surface area (Å²) in [7, 11) is 0. The van der Waals surface area contributed by atoms with E-state index in [0.717, 1.165) is 6.42 Å². The van der Waals surface area contributed by atoms with Gasteiger partial charge in [-0.3, -0.25) is 9.59 Å². The summed E-state index contributed by atoms with van der Waals surface area (Å²) in [6, 6.07) is 21.4. The highest BCUT2D eigenvalue weighted by Gasteiger charge is 2.08. The van der Waals surface area contributed by atoms with Crippen LogP contribution in [0, 0.1) is 0 Å². The van der Waals surface area contributed by atoms with Crippen LogP contribution in [0.3, 0.4) is 0 Å². The summed E-state index contributed by atoms with van der Waals surface area (Å²) < 4.78 is 5.46. The minimum atomic E-state index is -0.337. The largest absolute Gasteiger partial charge is 0.484 e. The number of ether oxygens (including phenoxy) is 1. The Morgan fingerprint density at radius 1 is 0.867 bits per heavy atom. The molecule has 154 valence electrons. The van der Waals surface area contributed by atoms with E-state index in [1.54, 1.807) is 42.5 Å². The van der Waals surface area contributed by atoms with E-state index < -0.39 is 0 Å². The summed E-state index contributed by atoms with van der Waals surface area (Å²) in [6.07, 6.45) is 0.766. The quantitative estimate of drug-likeness (QED) is 0.516. The summed E-state index contributed by atoms with van der Waals surface area (Å²) in [6.45, 7) is 0.374. The smallest absolute Gasteiger partial charge is 0.262 e. The van der Waals surface area contributed by atoms with E-state index in [-0.39, 0.29) is 18.4 Å². The molecule has 0 aliphatic rings. The van der Waals surface area contributed by atoms with Gasteiger partial charge in [0, 0.05) is 17.8 Å². The van der Waals surface area contributed by atoms with E-state index in [1.807, 2.05) is 30.3 Å². The minimum Gasteiger partial charge on any atom is -0.484 e. The number of hydrogen-bond donors (Lipinski definition) is 2. The zero-order valence-corrected chi connectivity index (χ0v) is 17.5. The van der Waals surface area contributed by atoms with Crippen LogP contribution in [0.15, 0.2) is 72.8 Å². The molecule has 2 amide bonds. The summed E-state index contributed by atoms with van der Waals surface area (Å²) in [5.74, 6) is -0.00825. The van der Waals surface area contributed by atoms with Gasteiger partial charge in [-0.2, -0.15) is 0 Å². The molecular weight excluding hydrogens is 423 g/mol. The highest BCUT2D eigenvalue weighted by molar-refractivity contribution is 6.42. The monoisotopic (exact) mass is 442 g/mol. The molecule has 0 radical (unpaired) electrons. The molecule has 0 fully saturated rings. The maximum Gasteiger partial charge on any atom is 0.262 e. The van der Waals surface area contributed by atoms with E-state index in [9.17, 15) is 9.59 Å². The number of amides is 2. The van der Waals surface area contributed by atoms with Gasteiger partial charge in [-0.25, -0.2) is 0 Å². The number of carbonyl (C=O) groups excluding carboxylic acids is 2. The first-order valence-corrected chi connectivity index (χ1v) is 10.1. The molecule has 0 heterocycles. The van der Waals surface area contributed by atoms with Crippen LogP contribution < -0.4 is 15.4 Å². The Morgan fingerprint density at radius 2 is 1.60 bits per heavy atom. The lowest BCUT2D eigenvalue weighted by Crippen LogP contribution is -2.25. The van der Waals surface area contributed by atoms with Crippen molar-refractivity contribution in [1.82, 2.24) is 5.32 Å². The number of rotatable bonds is 8. The number of nitrogens with one attached hydrogen (secondary N) is 2. The highest BCUT2D eigenvalue weighted by Crippen LogP contribution is 2.25. The van der Waals surface area contributed by atoms with Crippen LogP contribution in [0.2, 0.25) is 10.0 Å². The van der Waals surface area contributed by atoms with E-state index in [4.69, 9.17) is 27.9 Å². The number of anilines is 1. The maximum absolute atomic E-state index is 12.2. The average Bonchev–Trinajstić information content (AvgIpc) is 2.76. The molecule has 0 aromatic heterocycles. The molecule has 0 saturated carbocycles. The lowest BCUT2D eigenvalue weighted by Gasteiger charge is -2.09. The molecule has 0 unspecified atom stereocenters. The van der Waals surface area contributed by atoms with E-state index in [0.29, 0.717) is 33.6 Å². The molecule has 0 saturated heterocycles. The molecule has 3 rings (SSSR count). The van der Waals surface area contributed by atoms with E-state index in [1.165, 1.54) is 5.56 Å². The fourth-order valence-electron chi connectivity index (χ4n) is 2.69. The van der Waals surface area contributed by atoms with Crippen LogP contribution in [0.1, 0.15) is 15.9 Å². The van der Waals surface area contributed by atoms with Crippen molar-refractivity contribution in [2.24, 2.45) is 0 Å². The van der Waals surface area contributed by atoms with Crippen LogP contribution in [0.5, 0.6) is 5.75 Å². The molecule has 2 N–H and O–H groups in total. The Kier molecular flexibility index (Phi) is 7.71. The maximum atomic E-state index is 12.2. The molecule has 0 atom stereocenters. The second-order valence-corrected chi connectivity index (χ2v) is 7.30. The average molecular weight is 443 g/mol. The number of benzene rings is 3. The number of carbonyl (C=O) groups is 2. The van der Waals surface area contributed by atoms with Crippen molar-refractivity contribution in [3.63, 3.8) is 0 Å². The van der Waals surface area contributed by atoms with Crippen LogP contribution in [0.25, 0.3) is 0 Å². The van der Waals surface area contributed by atoms with Gasteiger partial charge in [-0.05, 0) is 54.4 Å². The third kappa shape index (κ3) is 6.51. The van der Waals surface area contributed by atoms with Crippen molar-refractivity contribution in [1.29, 1.82) is 0 Å². The summed E-state index contributed by atoms with van der Waals surface area (Å²) in [5, 5.41) is 6.33. The standard InChI is InChI=1S/C23H20Cl2N2O3/c24-20-11-8-18(14-21(20)25)27-22(28)15-30-19-9-6-17(7-10-19)23(29)26-13-12-16-4-2-1-3-5-16/h1-11,14H,12-13,15H2,(H,26,29)(H,27,28). The van der Waals surface area contributed by atoms with Gasteiger partial charge < -0.3 is 15.4 Å². The summed E-state index contributed by atoms with van der Waals surface area (Å²) >= 11 is 11.8. The van der Waals surface area contributed by atoms with Crippen LogP contribution in [0.4, 0.5) is 5.69 Å². The van der Waals surface area contributed by atoms with Crippen LogP contribution in [-0.2, 0) is 11.2 Å². The molecule has 0 aliphatic carbocycles. The van der Waals surface area contributed by atoms with Gasteiger partial charge in [0.15, 0.2) is 6.61 Å². The normalized spacial score (nSPS) is 10.3. The van der Waals surface area contributed by atoms with Crippen molar-refractivity contribution in [2.75, 3.05) is 18.5 Å². The number of halogens is 2. The Labute approximate surface area is 185 Å². The zero-order chi connectivity index (χ0) is 21.3. The van der Waals surface area contributed by atoms with E-state index >= 15 is 0 Å². The van der Waals surface area contributed by atoms with Crippen molar-refractivity contribution < 1.29 is 14.3 Å². The first-order chi connectivity index (χ1) is 14.5. The van der Waals surface area contributed by atoms with Crippen LogP contribution >= 0.6 is 23.2 Å². The van der Waals surface area contributed by atoms with Crippen LogP contribution in [-0.4, -0.2) is 25.0 Å². The fraction of sp³-hybridized carbons (Fsp3) is 0.130. The van der Waals surface area contributed by atoms with Gasteiger partial charge in [0.1, 0.15) is 5.75 Å². The van der Waals surface area contributed by atoms with Gasteiger partial charge in [0.05, 0.1) is 10.0 Å². The summed E-state index contributed by atoms with van der Waals surface area (Å²) in [4.78, 5) is 24.2. The Bertz CT molecular complexity index is 1010. The van der Waals surface area contributed by atoms with Crippen molar-refractivity contribution in [2.45, 2.75) is 6.42 Å². The second-order valence-electron chi connectivity index (χ2n) is 6.48. The van der Waals surface area contributed by atoms with E-state index in [2.05, 4.69) is 10.6 Å². The predicted octanol–water partition coefficient (Wildman–Crippen LogP) is 4.98. The van der Waals surface area contributed by atoms with Gasteiger partial charge in [-0.15, -0.1) is 0 Å². The Balaban J connectivity index is 1.43. The van der Waals surface area contributed by atoms with Gasteiger partial charge in [-0.1, -0.05) is 53.5 Å². The lowest BCUT2D eigenvalue weighted by molar-refractivity contribution is -0.118. The van der Waals surface area contributed by atoms with Gasteiger partial charge in [0.25, 0.3) is 11.8 Å². The van der Waals surface area contributed by atoms with Gasteiger partial charge >= 0.3 is 0 Å². The molecule has 30 heavy (non-hydrogen) atoms. The predicted molar refractivity (Wildman–Crippen MR) is 120 cm³/mol. The zero-order valence-electron chi connectivity index (χ0n) is 16.0. The topological polar surface area (TPSA) is 67.4 Å². The van der Waals surface area contributed by atoms with Crippen molar-refractivity contribution in [3.05, 3.63) is 94.0 Å². The lowest BCUT2D eigenvalue weighted by atomic mass is 10.1. The minimum absolute atomic E-state index is 0.158. The molecule has 3 aromatic rings. The summed E-state index contributed by atoms with van der Waals surface area (Å²) in [5.41, 5.74) is 2.22. The molecule has 7 heteroatoms. The second kappa shape index (κ2) is 10.7. The SMILES string of the molecule is O=C(COc1ccc(C(=O)NCCc2ccccc2)cc1)Nc1ccc(Cl)c(Cl)c1. The molecule has 0 aliphatic heterocycles. The van der Waals surface area contributed by atoms with Crippen molar-refractivity contribution in [3.8, 4) is 5.75 Å². The molecule has 0 bridgehead atoms.